The summed E-state index contributed by atoms with van der Waals surface area (Å²) in [5.41, 5.74) is 0.0996. The summed E-state index contributed by atoms with van der Waals surface area (Å²) in [6.45, 7) is 0. The highest BCUT2D eigenvalue weighted by Gasteiger charge is 2.52. The first kappa shape index (κ1) is 27.5. The van der Waals surface area contributed by atoms with Crippen LogP contribution >= 0.6 is 23.2 Å². The molecule has 38 heavy (non-hydrogen) atoms. The number of carbonyl (C=O) groups excluding carboxylic acids is 1. The second-order valence-corrected chi connectivity index (χ2v) is 10.5. The molecule has 3 aromatic rings. The number of nitrogens with one attached hydrogen (secondary N) is 2. The van der Waals surface area contributed by atoms with Gasteiger partial charge in [-0.1, -0.05) is 23.2 Å². The average Bonchev–Trinajstić information content (AvgIpc) is 3.61. The monoisotopic (exact) mass is 591 g/mol. The van der Waals surface area contributed by atoms with E-state index in [0.717, 1.165) is 18.2 Å². The maximum absolute atomic E-state index is 13.1. The lowest BCUT2D eigenvalue weighted by Crippen LogP contribution is -2.46. The van der Waals surface area contributed by atoms with Crippen LogP contribution in [0.15, 0.2) is 44.8 Å². The van der Waals surface area contributed by atoms with Crippen molar-refractivity contribution in [1.82, 2.24) is 19.5 Å². The number of hydrogen-bond donors (Lipinski definition) is 3. The van der Waals surface area contributed by atoms with Gasteiger partial charge in [-0.25, -0.2) is 22.0 Å². The van der Waals surface area contributed by atoms with Crippen LogP contribution in [0.2, 0.25) is 10.0 Å². The zero-order chi connectivity index (χ0) is 28.0. The molecular weight excluding hydrogens is 575 g/mol. The van der Waals surface area contributed by atoms with Crippen molar-refractivity contribution >= 4 is 39.1 Å². The molecule has 1 aliphatic rings. The molecule has 0 aliphatic heterocycles. The van der Waals surface area contributed by atoms with E-state index < -0.39 is 44.8 Å². The van der Waals surface area contributed by atoms with Gasteiger partial charge in [-0.2, -0.15) is 14.5 Å². The minimum absolute atomic E-state index is 0.0592. The summed E-state index contributed by atoms with van der Waals surface area (Å²) in [6, 6.07) is 5.96. The van der Waals surface area contributed by atoms with Gasteiger partial charge in [0, 0.05) is 6.07 Å². The standard InChI is InChI=1S/C21H17Cl2F2N5O7S/c1-36-13-3-2-10(8-14(13)38(34,35)29-21(4-5-21)19(26)32)37-16-11(22)6-9(7-12(16)23)30-20(33)27-18(31)15(28-30)17(24)25/h2-3,6-8,17,29H,4-5H2,1H3,(H2,26,32)(H,27,31,33). The smallest absolute Gasteiger partial charge is 0.349 e. The number of ether oxygens (including phenoxy) is 2. The van der Waals surface area contributed by atoms with Crippen molar-refractivity contribution in [3.8, 4) is 22.9 Å². The van der Waals surface area contributed by atoms with Gasteiger partial charge in [0.05, 0.1) is 22.8 Å². The highest BCUT2D eigenvalue weighted by Crippen LogP contribution is 2.41. The predicted molar refractivity (Wildman–Crippen MR) is 130 cm³/mol. The molecule has 4 rings (SSSR count). The average molecular weight is 592 g/mol. The highest BCUT2D eigenvalue weighted by atomic mass is 35.5. The number of primary amides is 1. The highest BCUT2D eigenvalue weighted by molar-refractivity contribution is 7.89. The van der Waals surface area contributed by atoms with E-state index in [1.807, 2.05) is 0 Å². The Morgan fingerprint density at radius 1 is 1.21 bits per heavy atom. The van der Waals surface area contributed by atoms with E-state index in [-0.39, 0.29) is 50.7 Å². The fraction of sp³-hybridized carbons (Fsp3) is 0.238. The molecule has 1 fully saturated rings. The van der Waals surface area contributed by atoms with Crippen molar-refractivity contribution in [1.29, 1.82) is 0 Å². The number of hydrogen-bond acceptors (Lipinski definition) is 8. The number of H-pyrrole nitrogens is 1. The van der Waals surface area contributed by atoms with Gasteiger partial charge in [-0.15, -0.1) is 0 Å². The maximum Gasteiger partial charge on any atom is 0.349 e. The molecule has 0 saturated heterocycles. The minimum atomic E-state index is -4.30. The number of rotatable bonds is 9. The van der Waals surface area contributed by atoms with Crippen molar-refractivity contribution in [2.24, 2.45) is 5.73 Å². The van der Waals surface area contributed by atoms with E-state index in [2.05, 4.69) is 9.82 Å². The fourth-order valence-corrected chi connectivity index (χ4v) is 5.55. The Morgan fingerprint density at radius 2 is 1.84 bits per heavy atom. The first-order chi connectivity index (χ1) is 17.8. The molecule has 1 aliphatic carbocycles. The number of alkyl halides is 2. The fourth-order valence-electron chi connectivity index (χ4n) is 3.38. The van der Waals surface area contributed by atoms with Crippen LogP contribution in [0.25, 0.3) is 5.69 Å². The van der Waals surface area contributed by atoms with E-state index in [0.29, 0.717) is 4.68 Å². The summed E-state index contributed by atoms with van der Waals surface area (Å²) in [6.07, 6.45) is -2.78. The van der Waals surface area contributed by atoms with E-state index in [4.69, 9.17) is 38.4 Å². The van der Waals surface area contributed by atoms with Gasteiger partial charge in [-0.05, 0) is 37.1 Å². The number of carbonyl (C=O) groups is 1. The van der Waals surface area contributed by atoms with Gasteiger partial charge >= 0.3 is 5.69 Å². The Kier molecular flexibility index (Phi) is 7.22. The number of amides is 1. The molecule has 12 nitrogen and oxygen atoms in total. The third-order valence-electron chi connectivity index (χ3n) is 5.48. The Morgan fingerprint density at radius 3 is 2.37 bits per heavy atom. The topological polar surface area (TPSA) is 175 Å². The van der Waals surface area contributed by atoms with Crippen LogP contribution in [0.1, 0.15) is 25.0 Å². The van der Waals surface area contributed by atoms with E-state index in [1.54, 1.807) is 4.98 Å². The van der Waals surface area contributed by atoms with Crippen molar-refractivity contribution < 1.29 is 31.5 Å². The minimum Gasteiger partial charge on any atom is -0.495 e. The number of aromatic nitrogens is 3. The maximum atomic E-state index is 13.1. The SMILES string of the molecule is COc1ccc(Oc2c(Cl)cc(-n3nc(C(F)F)c(=O)[nH]c3=O)cc2Cl)cc1S(=O)(=O)NC1(C(N)=O)CC1. The second kappa shape index (κ2) is 9.98. The van der Waals surface area contributed by atoms with Crippen LogP contribution in [-0.2, 0) is 14.8 Å². The summed E-state index contributed by atoms with van der Waals surface area (Å²) in [4.78, 5) is 36.7. The van der Waals surface area contributed by atoms with Crippen LogP contribution < -0.4 is 31.2 Å². The zero-order valence-corrected chi connectivity index (χ0v) is 21.5. The van der Waals surface area contributed by atoms with Gasteiger partial charge < -0.3 is 15.2 Å². The lowest BCUT2D eigenvalue weighted by Gasteiger charge is -2.17. The van der Waals surface area contributed by atoms with Gasteiger partial charge in [0.15, 0.2) is 11.4 Å². The normalized spacial score (nSPS) is 14.4. The number of benzene rings is 2. The summed E-state index contributed by atoms with van der Waals surface area (Å²) in [7, 11) is -3.05. The Labute approximate surface area is 222 Å². The van der Waals surface area contributed by atoms with Crippen molar-refractivity contribution in [3.63, 3.8) is 0 Å². The summed E-state index contributed by atoms with van der Waals surface area (Å²) < 4.78 is 65.8. The number of nitrogens with two attached hydrogens (primary N) is 1. The molecule has 0 spiro atoms. The molecule has 202 valence electrons. The molecule has 1 aromatic heterocycles. The van der Waals surface area contributed by atoms with E-state index in [1.165, 1.54) is 19.2 Å². The van der Waals surface area contributed by atoms with Crippen LogP contribution in [0.3, 0.4) is 0 Å². The third-order valence-corrected chi connectivity index (χ3v) is 7.60. The Bertz CT molecular complexity index is 1650. The molecule has 17 heteroatoms. The Hall–Kier alpha value is -3.53. The first-order valence-corrected chi connectivity index (χ1v) is 12.7. The first-order valence-electron chi connectivity index (χ1n) is 10.5. The second-order valence-electron chi connectivity index (χ2n) is 8.06. The molecule has 1 heterocycles. The predicted octanol–water partition coefficient (Wildman–Crippen LogP) is 2.26. The zero-order valence-electron chi connectivity index (χ0n) is 19.1. The van der Waals surface area contributed by atoms with Crippen molar-refractivity contribution in [2.45, 2.75) is 29.7 Å². The van der Waals surface area contributed by atoms with Gasteiger partial charge in [0.1, 0.15) is 21.9 Å². The van der Waals surface area contributed by atoms with Crippen LogP contribution in [0, 0.1) is 0 Å². The molecule has 0 radical (unpaired) electrons. The van der Waals surface area contributed by atoms with Gasteiger partial charge in [0.2, 0.25) is 15.9 Å². The summed E-state index contributed by atoms with van der Waals surface area (Å²) in [5, 5.41) is 2.95. The number of halogens is 4. The summed E-state index contributed by atoms with van der Waals surface area (Å²) in [5.74, 6) is -1.12. The molecule has 0 bridgehead atoms. The molecule has 1 amide bonds. The Balaban J connectivity index is 1.70. The molecule has 1 saturated carbocycles. The quantitative estimate of drug-likeness (QED) is 0.339. The summed E-state index contributed by atoms with van der Waals surface area (Å²) >= 11 is 12.5. The van der Waals surface area contributed by atoms with Gasteiger partial charge in [-0.3, -0.25) is 14.6 Å². The van der Waals surface area contributed by atoms with Crippen LogP contribution in [0.5, 0.6) is 17.2 Å². The van der Waals surface area contributed by atoms with E-state index >= 15 is 0 Å². The van der Waals surface area contributed by atoms with Crippen LogP contribution in [-0.4, -0.2) is 41.7 Å². The molecule has 2 aromatic carbocycles. The molecule has 0 unspecified atom stereocenters. The number of sulfonamides is 1. The molecular formula is C21H17Cl2F2N5O7S. The number of nitrogens with zero attached hydrogens (tertiary/aromatic N) is 2. The largest absolute Gasteiger partial charge is 0.495 e. The lowest BCUT2D eigenvalue weighted by molar-refractivity contribution is -0.120. The molecule has 4 N–H and O–H groups in total. The van der Waals surface area contributed by atoms with Gasteiger partial charge in [0.25, 0.3) is 12.0 Å². The third kappa shape index (κ3) is 5.22. The van der Waals surface area contributed by atoms with Crippen molar-refractivity contribution in [2.75, 3.05) is 7.11 Å². The van der Waals surface area contributed by atoms with E-state index in [9.17, 15) is 31.6 Å². The van der Waals surface area contributed by atoms with Crippen LogP contribution in [0.4, 0.5) is 8.78 Å². The van der Waals surface area contributed by atoms with Crippen molar-refractivity contribution in [3.05, 3.63) is 66.9 Å². The number of methoxy groups -OCH3 is 1. The number of aromatic amines is 1. The lowest BCUT2D eigenvalue weighted by atomic mass is 10.3. The molecule has 0 atom stereocenters.